The lowest BCUT2D eigenvalue weighted by atomic mass is 9.98. The Balaban J connectivity index is 0.000000368. The van der Waals surface area contributed by atoms with Crippen LogP contribution in [-0.4, -0.2) is 48.4 Å². The van der Waals surface area contributed by atoms with Gasteiger partial charge in [0, 0.05) is 0 Å². The highest BCUT2D eigenvalue weighted by atomic mass is 16.5. The summed E-state index contributed by atoms with van der Waals surface area (Å²) in [5.41, 5.74) is 5.95. The predicted molar refractivity (Wildman–Crippen MR) is 84.4 cm³/mol. The van der Waals surface area contributed by atoms with E-state index >= 15 is 0 Å². The summed E-state index contributed by atoms with van der Waals surface area (Å²) in [6.07, 6.45) is 2.18. The maximum absolute atomic E-state index is 9.49. The van der Waals surface area contributed by atoms with Crippen molar-refractivity contribution in [2.45, 2.75) is 44.2 Å². The summed E-state index contributed by atoms with van der Waals surface area (Å²) in [5.74, 6) is -1.15. The van der Waals surface area contributed by atoms with Crippen LogP contribution >= 0.6 is 0 Å². The molecule has 0 bridgehead atoms. The molecule has 5 N–H and O–H groups in total. The number of aliphatic hydroxyl groups is 3. The van der Waals surface area contributed by atoms with Crippen molar-refractivity contribution in [2.75, 3.05) is 12.3 Å². The molecule has 9 heteroatoms. The molecule has 2 unspecified atom stereocenters. The molecule has 3 heterocycles. The number of nitrogen functional groups attached to an aromatic ring is 1. The maximum atomic E-state index is 9.49. The first-order chi connectivity index (χ1) is 11.2. The molecule has 0 amide bonds. The number of fused-ring (bicyclic) bond motifs is 1. The molecule has 3 rings (SSSR count). The number of ether oxygens (including phenoxy) is 1. The average molecular weight is 335 g/mol. The predicted octanol–water partition coefficient (Wildman–Crippen LogP) is -0.0912. The molecule has 2 aromatic rings. The summed E-state index contributed by atoms with van der Waals surface area (Å²) in [4.78, 5) is 3.91. The quantitative estimate of drug-likeness (QED) is 0.556. The van der Waals surface area contributed by atoms with Gasteiger partial charge in [-0.3, -0.25) is 0 Å². The lowest BCUT2D eigenvalue weighted by Gasteiger charge is -2.21. The Morgan fingerprint density at radius 2 is 2.17 bits per heavy atom. The van der Waals surface area contributed by atoms with Gasteiger partial charge >= 0.3 is 0 Å². The van der Waals surface area contributed by atoms with Crippen molar-refractivity contribution in [1.82, 2.24) is 14.6 Å². The monoisotopic (exact) mass is 335 g/mol. The van der Waals surface area contributed by atoms with Crippen LogP contribution < -0.4 is 5.73 Å². The molecule has 1 aliphatic rings. The van der Waals surface area contributed by atoms with E-state index < -0.39 is 11.4 Å². The summed E-state index contributed by atoms with van der Waals surface area (Å²) in [6.45, 7) is 2.50. The summed E-state index contributed by atoms with van der Waals surface area (Å²) in [6, 6.07) is 5.73. The number of rotatable bonds is 2. The second-order valence-electron chi connectivity index (χ2n) is 6.06. The summed E-state index contributed by atoms with van der Waals surface area (Å²) >= 11 is 0. The number of anilines is 1. The van der Waals surface area contributed by atoms with Crippen molar-refractivity contribution in [3.8, 4) is 6.07 Å². The number of hydrogen-bond donors (Lipinski definition) is 4. The highest BCUT2D eigenvalue weighted by Gasteiger charge is 2.44. The smallest absolute Gasteiger partial charge is 0.196 e. The molecule has 24 heavy (non-hydrogen) atoms. The Hall–Kier alpha value is -2.25. The van der Waals surface area contributed by atoms with Crippen molar-refractivity contribution in [3.63, 3.8) is 0 Å². The summed E-state index contributed by atoms with van der Waals surface area (Å²) < 4.78 is 7.28. The lowest BCUT2D eigenvalue weighted by Crippen LogP contribution is -2.27. The Morgan fingerprint density at radius 1 is 1.50 bits per heavy atom. The van der Waals surface area contributed by atoms with Gasteiger partial charge < -0.3 is 25.8 Å². The highest BCUT2D eigenvalue weighted by Crippen LogP contribution is 2.39. The van der Waals surface area contributed by atoms with Crippen LogP contribution in [-0.2, 0) is 10.3 Å². The Morgan fingerprint density at radius 3 is 2.71 bits per heavy atom. The van der Waals surface area contributed by atoms with Crippen molar-refractivity contribution in [3.05, 3.63) is 24.2 Å². The molecule has 1 saturated heterocycles. The van der Waals surface area contributed by atoms with Crippen LogP contribution in [0.5, 0.6) is 0 Å². The largest absolute Gasteiger partial charge is 0.394 e. The van der Waals surface area contributed by atoms with Crippen LogP contribution in [0.1, 0.15) is 32.4 Å². The zero-order valence-corrected chi connectivity index (χ0v) is 13.5. The number of nitrogens with zero attached hydrogens (tertiary/aromatic N) is 4. The van der Waals surface area contributed by atoms with E-state index in [0.29, 0.717) is 29.9 Å². The second-order valence-corrected chi connectivity index (χ2v) is 6.06. The lowest BCUT2D eigenvalue weighted by molar-refractivity contribution is -0.127. The minimum Gasteiger partial charge on any atom is -0.394 e. The molecule has 0 aliphatic carbocycles. The van der Waals surface area contributed by atoms with Crippen LogP contribution in [0, 0.1) is 11.3 Å². The van der Waals surface area contributed by atoms with E-state index in [1.807, 2.05) is 0 Å². The van der Waals surface area contributed by atoms with Crippen LogP contribution in [0.15, 0.2) is 18.5 Å². The topological polar surface area (TPSA) is 150 Å². The van der Waals surface area contributed by atoms with Crippen molar-refractivity contribution in [2.24, 2.45) is 0 Å². The van der Waals surface area contributed by atoms with E-state index in [1.54, 1.807) is 16.6 Å². The van der Waals surface area contributed by atoms with Gasteiger partial charge in [0.1, 0.15) is 17.9 Å². The molecule has 9 nitrogen and oxygen atoms in total. The fraction of sp³-hybridized carbons (Fsp3) is 0.533. The van der Waals surface area contributed by atoms with Crippen LogP contribution in [0.3, 0.4) is 0 Å². The molecule has 2 aromatic heterocycles. The van der Waals surface area contributed by atoms with Gasteiger partial charge in [-0.15, -0.1) is 0 Å². The first-order valence-electron chi connectivity index (χ1n) is 7.43. The number of aromatic nitrogens is 3. The Labute approximate surface area is 138 Å². The minimum absolute atomic E-state index is 0.0934. The van der Waals surface area contributed by atoms with Gasteiger partial charge in [-0.25, -0.2) is 9.50 Å². The second kappa shape index (κ2) is 6.70. The van der Waals surface area contributed by atoms with Gasteiger partial charge in [0.15, 0.2) is 17.2 Å². The number of aliphatic hydroxyl groups excluding tert-OH is 1. The molecule has 0 saturated carbocycles. The molecule has 1 fully saturated rings. The third-order valence-corrected chi connectivity index (χ3v) is 3.47. The van der Waals surface area contributed by atoms with Gasteiger partial charge in [-0.2, -0.15) is 10.4 Å². The van der Waals surface area contributed by atoms with Crippen molar-refractivity contribution < 1.29 is 20.1 Å². The molecule has 1 aliphatic heterocycles. The minimum atomic E-state index is -1.50. The normalized spacial score (nSPS) is 23.6. The van der Waals surface area contributed by atoms with Crippen molar-refractivity contribution in [1.29, 1.82) is 5.26 Å². The van der Waals surface area contributed by atoms with E-state index in [0.717, 1.165) is 0 Å². The van der Waals surface area contributed by atoms with E-state index in [2.05, 4.69) is 16.2 Å². The molecule has 0 radical (unpaired) electrons. The van der Waals surface area contributed by atoms with E-state index in [1.165, 1.54) is 20.2 Å². The third kappa shape index (κ3) is 3.80. The zero-order chi connectivity index (χ0) is 18.0. The van der Waals surface area contributed by atoms with Crippen LogP contribution in [0.2, 0.25) is 0 Å². The fourth-order valence-corrected chi connectivity index (χ4v) is 2.48. The number of nitrogens with two attached hydrogens (primary N) is 1. The Kier molecular flexibility index (Phi) is 5.05. The summed E-state index contributed by atoms with van der Waals surface area (Å²) in [5, 5.41) is 38.9. The van der Waals surface area contributed by atoms with Crippen LogP contribution in [0.25, 0.3) is 5.52 Å². The molecular formula is C15H21N5O4. The van der Waals surface area contributed by atoms with Gasteiger partial charge in [0.25, 0.3) is 0 Å². The summed E-state index contributed by atoms with van der Waals surface area (Å²) in [7, 11) is 0. The molecular weight excluding hydrogens is 314 g/mol. The molecule has 0 spiro atoms. The first-order valence-corrected chi connectivity index (χ1v) is 7.43. The van der Waals surface area contributed by atoms with Gasteiger partial charge in [0.05, 0.1) is 18.4 Å². The van der Waals surface area contributed by atoms with Crippen molar-refractivity contribution >= 4 is 11.3 Å². The van der Waals surface area contributed by atoms with Gasteiger partial charge in [0.2, 0.25) is 0 Å². The fourth-order valence-electron chi connectivity index (χ4n) is 2.48. The standard InChI is InChI=1S/C12H13N5O2.C3H8O2/c13-6-12(4-3-8(5-18)19-12)10-2-1-9-11(14)15-7-16-17(9)10;1-3(2,4)5/h1-2,7-8,18H,3-5H2,(H2,14,15,16);4-5H,1-2H3. The molecule has 2 atom stereocenters. The van der Waals surface area contributed by atoms with E-state index in [4.69, 9.17) is 25.8 Å². The highest BCUT2D eigenvalue weighted by molar-refractivity contribution is 5.65. The van der Waals surface area contributed by atoms with E-state index in [-0.39, 0.29) is 12.7 Å². The van der Waals surface area contributed by atoms with Gasteiger partial charge in [-0.05, 0) is 38.8 Å². The average Bonchev–Trinajstić information content (AvgIpc) is 3.10. The first kappa shape index (κ1) is 18.1. The number of nitriles is 1. The van der Waals surface area contributed by atoms with E-state index in [9.17, 15) is 5.26 Å². The molecule has 0 aromatic carbocycles. The number of hydrogen-bond acceptors (Lipinski definition) is 8. The third-order valence-electron chi connectivity index (χ3n) is 3.47. The Bertz CT molecular complexity index is 742. The zero-order valence-electron chi connectivity index (χ0n) is 13.5. The van der Waals surface area contributed by atoms with Crippen LogP contribution in [0.4, 0.5) is 5.82 Å². The molecule has 130 valence electrons. The maximum Gasteiger partial charge on any atom is 0.196 e. The van der Waals surface area contributed by atoms with Gasteiger partial charge in [-0.1, -0.05) is 0 Å². The SMILES string of the molecule is CC(C)(O)O.N#CC1(c2ccc3c(N)ncnn23)CCC(CO)O1.